The highest BCUT2D eigenvalue weighted by atomic mass is 79.9. The Bertz CT molecular complexity index is 815. The lowest BCUT2D eigenvalue weighted by Gasteiger charge is -2.44. The smallest absolute Gasteiger partial charge is 0.240 e. The van der Waals surface area contributed by atoms with Crippen LogP contribution in [0.5, 0.6) is 0 Å². The minimum absolute atomic E-state index is 0.244. The number of sulfonamides is 1. The van der Waals surface area contributed by atoms with Crippen molar-refractivity contribution in [1.82, 2.24) is 4.72 Å². The van der Waals surface area contributed by atoms with E-state index in [1.165, 1.54) is 0 Å². The molecule has 0 spiro atoms. The standard InChI is InChI=1S/C17H18BrNO3S/c1-12-9-15(7-8-16(12)18)23(21,22)19-14-10-17(20,11-14)13-5-3-2-4-6-13/h2-9,14,19-20H,10-11H2,1H3. The van der Waals surface area contributed by atoms with E-state index in [-0.39, 0.29) is 10.9 Å². The number of hydrogen-bond donors (Lipinski definition) is 2. The normalized spacial score (nSPS) is 24.2. The van der Waals surface area contributed by atoms with Gasteiger partial charge in [0.2, 0.25) is 10.0 Å². The summed E-state index contributed by atoms with van der Waals surface area (Å²) in [6.07, 6.45) is 0.761. The van der Waals surface area contributed by atoms with Crippen molar-refractivity contribution in [2.45, 2.75) is 36.3 Å². The van der Waals surface area contributed by atoms with Gasteiger partial charge in [-0.25, -0.2) is 13.1 Å². The van der Waals surface area contributed by atoms with Gasteiger partial charge < -0.3 is 5.11 Å². The van der Waals surface area contributed by atoms with Gasteiger partial charge in [0.1, 0.15) is 0 Å². The van der Waals surface area contributed by atoms with E-state index in [1.54, 1.807) is 18.2 Å². The van der Waals surface area contributed by atoms with Crippen molar-refractivity contribution >= 4 is 26.0 Å². The second-order valence-electron chi connectivity index (χ2n) is 6.04. The van der Waals surface area contributed by atoms with Crippen molar-refractivity contribution < 1.29 is 13.5 Å². The van der Waals surface area contributed by atoms with Gasteiger partial charge in [-0.2, -0.15) is 0 Å². The molecule has 2 N–H and O–H groups in total. The highest BCUT2D eigenvalue weighted by Crippen LogP contribution is 2.41. The number of hydrogen-bond acceptors (Lipinski definition) is 3. The van der Waals surface area contributed by atoms with Crippen LogP contribution in [0.15, 0.2) is 57.9 Å². The number of rotatable bonds is 4. The van der Waals surface area contributed by atoms with Crippen molar-refractivity contribution in [2.75, 3.05) is 0 Å². The van der Waals surface area contributed by atoms with Crippen LogP contribution < -0.4 is 4.72 Å². The van der Waals surface area contributed by atoms with Crippen LogP contribution in [0.3, 0.4) is 0 Å². The molecular formula is C17H18BrNO3S. The largest absolute Gasteiger partial charge is 0.385 e. The molecule has 1 aliphatic carbocycles. The van der Waals surface area contributed by atoms with Gasteiger partial charge in [-0.3, -0.25) is 0 Å². The van der Waals surface area contributed by atoms with Crippen LogP contribution in [0.2, 0.25) is 0 Å². The average Bonchev–Trinajstić information content (AvgIpc) is 2.49. The maximum atomic E-state index is 12.4. The van der Waals surface area contributed by atoms with E-state index in [0.29, 0.717) is 12.8 Å². The molecule has 1 fully saturated rings. The van der Waals surface area contributed by atoms with Gasteiger partial charge in [0.25, 0.3) is 0 Å². The number of aliphatic hydroxyl groups is 1. The summed E-state index contributed by atoms with van der Waals surface area (Å²) >= 11 is 3.36. The third-order valence-corrected chi connectivity index (χ3v) is 6.65. The first-order chi connectivity index (χ1) is 10.8. The topological polar surface area (TPSA) is 66.4 Å². The lowest BCUT2D eigenvalue weighted by Crippen LogP contribution is -2.53. The van der Waals surface area contributed by atoms with Gasteiger partial charge in [0.15, 0.2) is 0 Å². The predicted octanol–water partition coefficient (Wildman–Crippen LogP) is 3.09. The lowest BCUT2D eigenvalue weighted by molar-refractivity contribution is -0.0563. The molecular weight excluding hydrogens is 378 g/mol. The van der Waals surface area contributed by atoms with E-state index >= 15 is 0 Å². The summed E-state index contributed by atoms with van der Waals surface area (Å²) in [6.45, 7) is 1.85. The molecule has 0 amide bonds. The summed E-state index contributed by atoms with van der Waals surface area (Å²) in [7, 11) is -3.57. The monoisotopic (exact) mass is 395 g/mol. The Balaban J connectivity index is 1.70. The summed E-state index contributed by atoms with van der Waals surface area (Å²) in [5.41, 5.74) is 0.751. The fourth-order valence-corrected chi connectivity index (χ4v) is 4.46. The predicted molar refractivity (Wildman–Crippen MR) is 92.6 cm³/mol. The summed E-state index contributed by atoms with van der Waals surface area (Å²) in [6, 6.07) is 14.0. The third-order valence-electron chi connectivity index (χ3n) is 4.24. The average molecular weight is 396 g/mol. The summed E-state index contributed by atoms with van der Waals surface area (Å²) < 4.78 is 28.4. The molecule has 23 heavy (non-hydrogen) atoms. The Morgan fingerprint density at radius 2 is 1.83 bits per heavy atom. The molecule has 0 aliphatic heterocycles. The van der Waals surface area contributed by atoms with Crippen LogP contribution in [0.1, 0.15) is 24.0 Å². The first kappa shape index (κ1) is 16.6. The van der Waals surface area contributed by atoms with E-state index in [9.17, 15) is 13.5 Å². The van der Waals surface area contributed by atoms with Crippen LogP contribution in [-0.2, 0) is 15.6 Å². The maximum Gasteiger partial charge on any atom is 0.240 e. The molecule has 0 bridgehead atoms. The molecule has 0 saturated heterocycles. The van der Waals surface area contributed by atoms with E-state index in [0.717, 1.165) is 15.6 Å². The molecule has 0 heterocycles. The SMILES string of the molecule is Cc1cc(S(=O)(=O)NC2CC(O)(c3ccccc3)C2)ccc1Br. The molecule has 122 valence electrons. The highest BCUT2D eigenvalue weighted by Gasteiger charge is 2.45. The maximum absolute atomic E-state index is 12.4. The molecule has 0 aromatic heterocycles. The second-order valence-corrected chi connectivity index (χ2v) is 8.60. The Hall–Kier alpha value is -1.21. The molecule has 2 aromatic carbocycles. The summed E-state index contributed by atoms with van der Waals surface area (Å²) in [5, 5.41) is 10.6. The number of aryl methyl sites for hydroxylation is 1. The van der Waals surface area contributed by atoms with Gasteiger partial charge in [-0.1, -0.05) is 46.3 Å². The highest BCUT2D eigenvalue weighted by molar-refractivity contribution is 9.10. The fraction of sp³-hybridized carbons (Fsp3) is 0.294. The Morgan fingerprint density at radius 1 is 1.17 bits per heavy atom. The van der Waals surface area contributed by atoms with E-state index in [1.807, 2.05) is 37.3 Å². The minimum atomic E-state index is -3.57. The van der Waals surface area contributed by atoms with E-state index in [4.69, 9.17) is 0 Å². The van der Waals surface area contributed by atoms with Crippen molar-refractivity contribution in [3.8, 4) is 0 Å². The zero-order valence-electron chi connectivity index (χ0n) is 12.7. The van der Waals surface area contributed by atoms with Crippen molar-refractivity contribution in [3.05, 3.63) is 64.1 Å². The molecule has 0 unspecified atom stereocenters. The number of halogens is 1. The Labute approximate surface area is 144 Å². The number of nitrogens with one attached hydrogen (secondary N) is 1. The summed E-state index contributed by atoms with van der Waals surface area (Å²) in [5.74, 6) is 0. The third kappa shape index (κ3) is 3.35. The Morgan fingerprint density at radius 3 is 2.43 bits per heavy atom. The van der Waals surface area contributed by atoms with Gasteiger partial charge >= 0.3 is 0 Å². The van der Waals surface area contributed by atoms with Crippen molar-refractivity contribution in [1.29, 1.82) is 0 Å². The van der Waals surface area contributed by atoms with Crippen LogP contribution in [-0.4, -0.2) is 19.6 Å². The van der Waals surface area contributed by atoms with Crippen LogP contribution in [0, 0.1) is 6.92 Å². The van der Waals surface area contributed by atoms with Crippen LogP contribution >= 0.6 is 15.9 Å². The second kappa shape index (κ2) is 6.02. The van der Waals surface area contributed by atoms with E-state index < -0.39 is 15.6 Å². The Kier molecular flexibility index (Phi) is 4.35. The van der Waals surface area contributed by atoms with Gasteiger partial charge in [-0.15, -0.1) is 0 Å². The first-order valence-corrected chi connectivity index (χ1v) is 9.64. The minimum Gasteiger partial charge on any atom is -0.385 e. The molecule has 6 heteroatoms. The molecule has 3 rings (SSSR count). The van der Waals surface area contributed by atoms with Crippen LogP contribution in [0.4, 0.5) is 0 Å². The fourth-order valence-electron chi connectivity index (χ4n) is 2.89. The van der Waals surface area contributed by atoms with Gasteiger partial charge in [0, 0.05) is 10.5 Å². The van der Waals surface area contributed by atoms with Gasteiger partial charge in [-0.05, 0) is 49.1 Å². The molecule has 1 saturated carbocycles. The molecule has 0 radical (unpaired) electrons. The molecule has 0 atom stereocenters. The summed E-state index contributed by atoms with van der Waals surface area (Å²) in [4.78, 5) is 0.244. The molecule has 2 aromatic rings. The zero-order chi connectivity index (χ0) is 16.7. The van der Waals surface area contributed by atoms with E-state index in [2.05, 4.69) is 20.7 Å². The number of benzene rings is 2. The molecule has 4 nitrogen and oxygen atoms in total. The van der Waals surface area contributed by atoms with Crippen molar-refractivity contribution in [3.63, 3.8) is 0 Å². The quantitative estimate of drug-likeness (QED) is 0.835. The zero-order valence-corrected chi connectivity index (χ0v) is 15.1. The van der Waals surface area contributed by atoms with Crippen molar-refractivity contribution in [2.24, 2.45) is 0 Å². The van der Waals surface area contributed by atoms with Crippen LogP contribution in [0.25, 0.3) is 0 Å². The first-order valence-electron chi connectivity index (χ1n) is 7.37. The molecule has 1 aliphatic rings. The van der Waals surface area contributed by atoms with Gasteiger partial charge in [0.05, 0.1) is 10.5 Å². The lowest BCUT2D eigenvalue weighted by atomic mass is 9.72.